The molecule has 148 valence electrons. The van der Waals surface area contributed by atoms with Crippen molar-refractivity contribution in [3.05, 3.63) is 58.6 Å². The fourth-order valence-corrected chi connectivity index (χ4v) is 5.54. The zero-order chi connectivity index (χ0) is 21.5. The molecule has 1 amide bonds. The first-order valence-corrected chi connectivity index (χ1v) is 13.5. The van der Waals surface area contributed by atoms with Gasteiger partial charge in [0.15, 0.2) is 0 Å². The molecule has 2 aliphatic rings. The topological polar surface area (TPSA) is 109 Å². The molecule has 1 N–H and O–H groups in total. The van der Waals surface area contributed by atoms with E-state index in [0.717, 1.165) is 4.57 Å². The third kappa shape index (κ3) is 4.14. The van der Waals surface area contributed by atoms with Crippen LogP contribution >= 0.6 is 38.6 Å². The number of rotatable bonds is 3. The third-order valence-corrected chi connectivity index (χ3v) is 8.04. The predicted molar refractivity (Wildman–Crippen MR) is 114 cm³/mol. The van der Waals surface area contributed by atoms with Gasteiger partial charge in [-0.1, -0.05) is 18.2 Å². The van der Waals surface area contributed by atoms with Crippen LogP contribution in [-0.2, 0) is 18.2 Å². The number of benzene rings is 1. The van der Waals surface area contributed by atoms with Gasteiger partial charge in [-0.25, -0.2) is 0 Å². The number of hydrogen-bond donors (Lipinski definition) is 1. The summed E-state index contributed by atoms with van der Waals surface area (Å²) in [5.74, 6) is -0.930. The summed E-state index contributed by atoms with van der Waals surface area (Å²) in [6.45, 7) is -0.179. The van der Waals surface area contributed by atoms with Crippen LogP contribution in [0.3, 0.4) is 0 Å². The average molecular weight is 538 g/mol. The summed E-state index contributed by atoms with van der Waals surface area (Å²) >= 11 is 2.08. The van der Waals surface area contributed by atoms with Crippen molar-refractivity contribution in [3.8, 4) is 0 Å². The van der Waals surface area contributed by atoms with Crippen LogP contribution in [0.25, 0.3) is 0 Å². The Morgan fingerprint density at radius 2 is 2.21 bits per heavy atom. The first-order chi connectivity index (χ1) is 14.1. The Labute approximate surface area is 180 Å². The first-order valence-electron chi connectivity index (χ1n) is 8.99. The molecule has 28 heavy (non-hydrogen) atoms. The van der Waals surface area contributed by atoms with Crippen LogP contribution in [0.15, 0.2) is 47.4 Å². The van der Waals surface area contributed by atoms with E-state index in [-0.39, 0.29) is 12.4 Å². The van der Waals surface area contributed by atoms with Gasteiger partial charge in [-0.2, -0.15) is 0 Å². The van der Waals surface area contributed by atoms with E-state index in [2.05, 4.69) is 10.3 Å². The maximum atomic E-state index is 12.7. The van der Waals surface area contributed by atoms with Crippen molar-refractivity contribution in [2.45, 2.75) is 18.4 Å². The minimum atomic E-state index is -4.06. The molecule has 12 heteroatoms. The molecule has 2 aromatic rings. The van der Waals surface area contributed by atoms with Crippen molar-refractivity contribution in [1.82, 2.24) is 9.55 Å². The number of hydrogen-bond acceptors (Lipinski definition) is 8. The Morgan fingerprint density at radius 3 is 2.96 bits per heavy atom. The second-order valence-corrected chi connectivity index (χ2v) is 12.9. The predicted octanol–water partition coefficient (Wildman–Crippen LogP) is 2.15. The van der Waals surface area contributed by atoms with Crippen molar-refractivity contribution in [1.29, 1.82) is 2.56 Å². The number of aromatic nitrogens is 2. The second-order valence-electron chi connectivity index (χ2n) is 5.85. The summed E-state index contributed by atoms with van der Waals surface area (Å²) in [6, 6.07) is 9.82. The number of ether oxygens (including phenoxy) is 1. The number of Topliss-reactive ketones (excluding diaryl/α,β-unsaturated/α-hetero) is 1. The Balaban J connectivity index is 1.50. The molecule has 0 saturated carbocycles. The van der Waals surface area contributed by atoms with E-state index in [9.17, 15) is 14.4 Å². The monoisotopic (exact) mass is 538 g/mol. The van der Waals surface area contributed by atoms with Crippen LogP contribution in [0, 0.1) is 0 Å². The minimum absolute atomic E-state index is 0.0330. The number of nitrogens with zero attached hydrogens (tertiary/aromatic N) is 2. The van der Waals surface area contributed by atoms with Gasteiger partial charge in [-0.3, -0.25) is 0 Å². The standard InChI is InChI=1S/C16H15IN3O6PS/c17-27-24-8-10-13(26-28-27)12(21)15(25-10)20-7-6-11(19-16(20)23)18-14(22)9-4-2-1-3-5-9/h1-7,10,13,15H,8,27H2,(H,18,19,22,23)/t10-,13+,15-/m1/s1/i27TD. The molecule has 1 aromatic heterocycles. The van der Waals surface area contributed by atoms with E-state index in [1.54, 1.807) is 52.4 Å². The summed E-state index contributed by atoms with van der Waals surface area (Å²) in [7, 11) is 0. The summed E-state index contributed by atoms with van der Waals surface area (Å²) in [6.07, 6.45) is -1.91. The summed E-state index contributed by atoms with van der Waals surface area (Å²) in [5.41, 5.74) is -0.387. The SMILES string of the molecule is [2H]P1([3H])(I)OC[C@H]2O[C@@H](n3ccc(NC(=O)c4ccccc4)nc3=O)C(=O)[C@H]2OS1. The molecule has 2 aliphatic heterocycles. The fourth-order valence-electron chi connectivity index (χ4n) is 2.74. The van der Waals surface area contributed by atoms with Gasteiger partial charge in [0.25, 0.3) is 0 Å². The van der Waals surface area contributed by atoms with E-state index in [0.29, 0.717) is 17.2 Å². The molecule has 0 radical (unpaired) electrons. The van der Waals surface area contributed by atoms with Crippen molar-refractivity contribution in [2.75, 3.05) is 11.9 Å². The molecule has 0 bridgehead atoms. The third-order valence-electron chi connectivity index (χ3n) is 4.07. The van der Waals surface area contributed by atoms with E-state index in [1.165, 1.54) is 12.3 Å². The second kappa shape index (κ2) is 8.56. The Morgan fingerprint density at radius 1 is 1.43 bits per heavy atom. The van der Waals surface area contributed by atoms with Crippen LogP contribution in [0.5, 0.6) is 0 Å². The number of carbonyl (C=O) groups is 2. The van der Waals surface area contributed by atoms with Crippen LogP contribution in [-0.4, -0.2) is 42.6 Å². The molecule has 0 unspecified atom stereocenters. The molecule has 3 atom stereocenters. The van der Waals surface area contributed by atoms with Crippen LogP contribution in [0.2, 0.25) is 0 Å². The van der Waals surface area contributed by atoms with E-state index < -0.39 is 40.7 Å². The average Bonchev–Trinajstić information content (AvgIpc) is 2.94. The van der Waals surface area contributed by atoms with Gasteiger partial charge < -0.3 is 0 Å². The molecular weight excluding hydrogens is 520 g/mol. The van der Waals surface area contributed by atoms with Gasteiger partial charge in [0.2, 0.25) is 0 Å². The first kappa shape index (κ1) is 17.5. The Bertz CT molecular complexity index is 1070. The van der Waals surface area contributed by atoms with Crippen molar-refractivity contribution in [3.63, 3.8) is 0 Å². The number of halogens is 1. The van der Waals surface area contributed by atoms with Crippen LogP contribution in [0.4, 0.5) is 5.82 Å². The Hall–Kier alpha value is -1.37. The molecule has 0 aliphatic carbocycles. The summed E-state index contributed by atoms with van der Waals surface area (Å²) < 4.78 is 33.3. The number of ketones is 1. The number of amides is 1. The molecule has 2 saturated heterocycles. The summed E-state index contributed by atoms with van der Waals surface area (Å²) in [5, 5.41) is 2.52. The zero-order valence-corrected chi connectivity index (χ0v) is 17.9. The molecule has 3 heterocycles. The van der Waals surface area contributed by atoms with E-state index >= 15 is 0 Å². The van der Waals surface area contributed by atoms with Crippen LogP contribution in [0.1, 0.15) is 16.6 Å². The molecule has 0 spiro atoms. The molecule has 1 aromatic carbocycles. The number of anilines is 1. The van der Waals surface area contributed by atoms with Crippen molar-refractivity contribution in [2.24, 2.45) is 0 Å². The quantitative estimate of drug-likeness (QED) is 0.360. The molecule has 4 rings (SSSR count). The number of nitrogens with one attached hydrogen (secondary N) is 1. The molecule has 2 fully saturated rings. The Kier molecular flexibility index (Phi) is 5.34. The zero-order valence-electron chi connectivity index (χ0n) is 16.1. The van der Waals surface area contributed by atoms with Gasteiger partial charge in [0.05, 0.1) is 0 Å². The maximum absolute atomic E-state index is 12.7. The normalized spacial score (nSPS) is 30.7. The van der Waals surface area contributed by atoms with Gasteiger partial charge >= 0.3 is 150 Å². The molecule has 9 nitrogen and oxygen atoms in total. The van der Waals surface area contributed by atoms with E-state index in [4.69, 9.17) is 16.0 Å². The van der Waals surface area contributed by atoms with Gasteiger partial charge in [0.1, 0.15) is 0 Å². The van der Waals surface area contributed by atoms with Gasteiger partial charge in [-0.15, -0.1) is 0 Å². The van der Waals surface area contributed by atoms with Crippen molar-refractivity contribution < 1.29 is 23.0 Å². The van der Waals surface area contributed by atoms with Gasteiger partial charge in [-0.05, 0) is 12.1 Å². The van der Waals surface area contributed by atoms with Crippen molar-refractivity contribution >= 4 is 56.1 Å². The van der Waals surface area contributed by atoms with Gasteiger partial charge in [0, 0.05) is 0 Å². The number of fused-ring (bicyclic) bond motifs is 1. The molecular formula is C16H15IN3O6PS. The number of carbonyl (C=O) groups excluding carboxylic acids is 2. The fraction of sp³-hybridized carbons (Fsp3) is 0.250. The van der Waals surface area contributed by atoms with E-state index in [1.807, 2.05) is 0 Å². The summed E-state index contributed by atoms with van der Waals surface area (Å²) in [4.78, 5) is 37.1. The van der Waals surface area contributed by atoms with Crippen LogP contribution < -0.4 is 11.0 Å².